The fourth-order valence-electron chi connectivity index (χ4n) is 0.724. The monoisotopic (exact) mass is 204 g/mol. The molecule has 0 bridgehead atoms. The third kappa shape index (κ3) is 7.90. The lowest BCUT2D eigenvalue weighted by Crippen LogP contribution is -2.07. The van der Waals surface area contributed by atoms with Gasteiger partial charge in [-0.15, -0.1) is 11.6 Å². The molecule has 0 aliphatic rings. The fraction of sp³-hybridized carbons (Fsp3) is 0.500. The van der Waals surface area contributed by atoms with Gasteiger partial charge in [0.15, 0.2) is 0 Å². The van der Waals surface area contributed by atoms with E-state index in [0.717, 1.165) is 0 Å². The number of allylic oxidation sites excluding steroid dienone is 3. The first-order valence-electron chi connectivity index (χ1n) is 3.98. The Morgan fingerprint density at radius 2 is 2.23 bits per heavy atom. The maximum Gasteiger partial charge on any atom is 0.455 e. The highest BCUT2D eigenvalue weighted by Crippen LogP contribution is 2.05. The molecule has 0 saturated carbocycles. The van der Waals surface area contributed by atoms with Crippen molar-refractivity contribution in [1.82, 2.24) is 0 Å². The van der Waals surface area contributed by atoms with Crippen LogP contribution in [0.5, 0.6) is 0 Å². The molecule has 0 rings (SSSR count). The molecule has 0 spiro atoms. The van der Waals surface area contributed by atoms with Crippen molar-refractivity contribution in [2.45, 2.75) is 18.6 Å². The van der Waals surface area contributed by atoms with Gasteiger partial charge in [-0.05, 0) is 19.1 Å². The van der Waals surface area contributed by atoms with Crippen LogP contribution in [-0.4, -0.2) is 29.7 Å². The summed E-state index contributed by atoms with van der Waals surface area (Å²) in [6.45, 7) is 1.81. The molecular formula is C8H14BClO3. The van der Waals surface area contributed by atoms with Gasteiger partial charge in [0.05, 0.1) is 12.5 Å². The van der Waals surface area contributed by atoms with Crippen molar-refractivity contribution < 1.29 is 14.8 Å². The second kappa shape index (κ2) is 7.01. The van der Waals surface area contributed by atoms with Crippen LogP contribution in [0.3, 0.4) is 0 Å². The van der Waals surface area contributed by atoms with Crippen LogP contribution in [-0.2, 0) is 4.74 Å². The van der Waals surface area contributed by atoms with E-state index in [2.05, 4.69) is 0 Å². The largest absolute Gasteiger partial charge is 0.497 e. The van der Waals surface area contributed by atoms with Crippen molar-refractivity contribution in [2.75, 3.05) is 7.11 Å². The van der Waals surface area contributed by atoms with Gasteiger partial charge in [0.2, 0.25) is 0 Å². The predicted octanol–water partition coefficient (Wildman–Crippen LogP) is 1.17. The Labute approximate surface area is 83.8 Å². The minimum absolute atomic E-state index is 0.112. The summed E-state index contributed by atoms with van der Waals surface area (Å²) in [5.74, 6) is 0.614. The summed E-state index contributed by atoms with van der Waals surface area (Å²) < 4.78 is 4.97. The number of ether oxygens (including phenoxy) is 1. The van der Waals surface area contributed by atoms with Crippen LogP contribution in [0.1, 0.15) is 6.92 Å². The molecule has 0 saturated heterocycles. The van der Waals surface area contributed by atoms with Gasteiger partial charge in [-0.2, -0.15) is 0 Å². The summed E-state index contributed by atoms with van der Waals surface area (Å²) in [7, 11) is 0.216. The van der Waals surface area contributed by atoms with Crippen LogP contribution in [0.2, 0.25) is 6.32 Å². The van der Waals surface area contributed by atoms with E-state index < -0.39 is 7.12 Å². The first kappa shape index (κ1) is 12.6. The molecule has 2 N–H and O–H groups in total. The summed E-state index contributed by atoms with van der Waals surface area (Å²) in [4.78, 5) is 0. The van der Waals surface area contributed by atoms with Crippen LogP contribution in [0.25, 0.3) is 0 Å². The predicted molar refractivity (Wildman–Crippen MR) is 54.5 cm³/mol. The zero-order valence-corrected chi connectivity index (χ0v) is 8.53. The Morgan fingerprint density at radius 1 is 1.62 bits per heavy atom. The van der Waals surface area contributed by atoms with E-state index in [4.69, 9.17) is 26.4 Å². The van der Waals surface area contributed by atoms with Gasteiger partial charge in [0.1, 0.15) is 5.76 Å². The normalized spacial score (nSPS) is 14.7. The molecule has 0 aliphatic heterocycles. The number of rotatable bonds is 5. The first-order valence-corrected chi connectivity index (χ1v) is 4.42. The highest BCUT2D eigenvalue weighted by molar-refractivity contribution is 6.41. The number of hydrogen-bond acceptors (Lipinski definition) is 3. The van der Waals surface area contributed by atoms with Crippen LogP contribution in [0, 0.1) is 0 Å². The summed E-state index contributed by atoms with van der Waals surface area (Å²) in [5, 5.41) is 17.0. The first-order chi connectivity index (χ1) is 6.06. The van der Waals surface area contributed by atoms with Crippen molar-refractivity contribution in [3.63, 3.8) is 0 Å². The molecule has 3 nitrogen and oxygen atoms in total. The summed E-state index contributed by atoms with van der Waals surface area (Å²) in [5.41, 5.74) is 0. The minimum Gasteiger partial charge on any atom is -0.497 e. The number of alkyl halides is 1. The molecule has 0 fully saturated rings. The number of methoxy groups -OCH3 is 1. The average molecular weight is 204 g/mol. The molecule has 1 atom stereocenters. The highest BCUT2D eigenvalue weighted by atomic mass is 35.5. The second-order valence-corrected chi connectivity index (χ2v) is 3.26. The molecule has 0 heterocycles. The van der Waals surface area contributed by atoms with E-state index in [1.807, 2.05) is 6.92 Å². The molecule has 74 valence electrons. The molecule has 0 aromatic heterocycles. The summed E-state index contributed by atoms with van der Waals surface area (Å²) in [6.07, 6.45) is 5.16. The highest BCUT2D eigenvalue weighted by Gasteiger charge is 2.02. The van der Waals surface area contributed by atoms with E-state index in [9.17, 15) is 0 Å². The maximum absolute atomic E-state index is 8.54. The third-order valence-electron chi connectivity index (χ3n) is 1.26. The molecule has 0 amide bonds. The zero-order valence-electron chi connectivity index (χ0n) is 7.77. The topological polar surface area (TPSA) is 49.7 Å². The van der Waals surface area contributed by atoms with Crippen LogP contribution in [0.15, 0.2) is 24.0 Å². The van der Waals surface area contributed by atoms with Crippen molar-refractivity contribution in [2.24, 2.45) is 0 Å². The lowest BCUT2D eigenvalue weighted by atomic mass is 9.86. The zero-order chi connectivity index (χ0) is 10.3. The van der Waals surface area contributed by atoms with Gasteiger partial charge in [0.25, 0.3) is 0 Å². The van der Waals surface area contributed by atoms with Crippen LogP contribution >= 0.6 is 11.6 Å². The lowest BCUT2D eigenvalue weighted by molar-refractivity contribution is 0.305. The number of halogens is 1. The minimum atomic E-state index is -1.32. The van der Waals surface area contributed by atoms with Gasteiger partial charge in [0, 0.05) is 6.32 Å². The van der Waals surface area contributed by atoms with Gasteiger partial charge >= 0.3 is 7.12 Å². The molecule has 5 heteroatoms. The van der Waals surface area contributed by atoms with Gasteiger partial charge in [-0.3, -0.25) is 0 Å². The van der Waals surface area contributed by atoms with E-state index in [1.165, 1.54) is 7.11 Å². The van der Waals surface area contributed by atoms with Crippen molar-refractivity contribution >= 4 is 18.7 Å². The lowest BCUT2D eigenvalue weighted by Gasteiger charge is -2.01. The molecule has 0 aromatic carbocycles. The Hall–Kier alpha value is -0.445. The van der Waals surface area contributed by atoms with Gasteiger partial charge in [-0.1, -0.05) is 6.08 Å². The van der Waals surface area contributed by atoms with E-state index >= 15 is 0 Å². The molecule has 0 radical (unpaired) electrons. The Kier molecular flexibility index (Phi) is 6.77. The third-order valence-corrected chi connectivity index (χ3v) is 1.38. The van der Waals surface area contributed by atoms with Gasteiger partial charge in [-0.25, -0.2) is 0 Å². The van der Waals surface area contributed by atoms with E-state index in [1.54, 1.807) is 18.2 Å². The van der Waals surface area contributed by atoms with Crippen LogP contribution < -0.4 is 0 Å². The maximum atomic E-state index is 8.54. The molecule has 0 aromatic rings. The van der Waals surface area contributed by atoms with Crippen molar-refractivity contribution in [1.29, 1.82) is 0 Å². The fourth-order valence-corrected chi connectivity index (χ4v) is 0.848. The summed E-state index contributed by atoms with van der Waals surface area (Å²) >= 11 is 5.70. The Morgan fingerprint density at radius 3 is 2.62 bits per heavy atom. The average Bonchev–Trinajstić information content (AvgIpc) is 2.01. The Balaban J connectivity index is 4.05. The Bertz CT molecular complexity index is 190. The molecular weight excluding hydrogens is 190 g/mol. The summed E-state index contributed by atoms with van der Waals surface area (Å²) in [6, 6.07) is 0. The SMILES string of the molecule is COC(/C=C\CB(O)O)=C/C(C)Cl. The second-order valence-electron chi connectivity index (χ2n) is 2.57. The molecule has 0 aliphatic carbocycles. The smallest absolute Gasteiger partial charge is 0.455 e. The van der Waals surface area contributed by atoms with Crippen molar-refractivity contribution in [3.05, 3.63) is 24.0 Å². The standard InChI is InChI=1S/C8H14BClO3/c1-7(10)6-8(13-2)4-3-5-9(11)12/h3-4,6-7,11-12H,5H2,1-2H3/b4-3-,8-6+. The molecule has 13 heavy (non-hydrogen) atoms. The molecule has 1 unspecified atom stereocenters. The quantitative estimate of drug-likeness (QED) is 0.306. The van der Waals surface area contributed by atoms with E-state index in [0.29, 0.717) is 5.76 Å². The van der Waals surface area contributed by atoms with Crippen molar-refractivity contribution in [3.8, 4) is 0 Å². The number of hydrogen-bond donors (Lipinski definition) is 2. The van der Waals surface area contributed by atoms with Crippen LogP contribution in [0.4, 0.5) is 0 Å². The van der Waals surface area contributed by atoms with Gasteiger partial charge < -0.3 is 14.8 Å². The van der Waals surface area contributed by atoms with E-state index in [-0.39, 0.29) is 11.7 Å².